The standard InChI is InChI=1S/C50H54F4N4S2/c1-6-10-12-32(8-3)14-16-34-18-21-37(22-19-34)41-28-29-42(59-41)44-46-45(56-49(31(5)55-46)50(52,53)54)43(47-48(44)58-60-57-47)38-25-23-36(24-26-38)39-27-20-35(30-40(39)51)17-15-33(9-4)13-11-7-2/h18-30,32-33H,6-17H2,1-5H3. The normalized spacial score (nSPS) is 13.1. The van der Waals surface area contributed by atoms with Crippen molar-refractivity contribution in [1.29, 1.82) is 0 Å². The Hall–Kier alpha value is -4.54. The summed E-state index contributed by atoms with van der Waals surface area (Å²) in [7, 11) is 0. The Labute approximate surface area is 359 Å². The Morgan fingerprint density at radius 3 is 1.73 bits per heavy atom. The van der Waals surface area contributed by atoms with E-state index in [0.717, 1.165) is 64.2 Å². The Bertz CT molecular complexity index is 2520. The first-order valence-electron chi connectivity index (χ1n) is 21.6. The maximum Gasteiger partial charge on any atom is 0.435 e. The van der Waals surface area contributed by atoms with Gasteiger partial charge in [0.2, 0.25) is 0 Å². The Kier molecular flexibility index (Phi) is 14.1. The zero-order valence-electron chi connectivity index (χ0n) is 35.3. The number of hydrogen-bond donors (Lipinski definition) is 0. The monoisotopic (exact) mass is 850 g/mol. The maximum atomic E-state index is 15.6. The first-order valence-corrected chi connectivity index (χ1v) is 23.2. The molecule has 0 N–H and O–H groups in total. The highest BCUT2D eigenvalue weighted by Gasteiger charge is 2.37. The maximum absolute atomic E-state index is 15.6. The molecule has 0 bridgehead atoms. The lowest BCUT2D eigenvalue weighted by Gasteiger charge is -2.16. The van der Waals surface area contributed by atoms with E-state index in [0.29, 0.717) is 50.3 Å². The average Bonchev–Trinajstić information content (AvgIpc) is 3.94. The molecule has 3 aromatic heterocycles. The van der Waals surface area contributed by atoms with Crippen molar-refractivity contribution in [3.05, 3.63) is 107 Å². The fourth-order valence-electron chi connectivity index (χ4n) is 8.44. The molecule has 0 aliphatic heterocycles. The molecule has 7 rings (SSSR count). The molecule has 7 aromatic rings. The van der Waals surface area contributed by atoms with Crippen LogP contribution in [-0.2, 0) is 19.0 Å². The molecule has 2 atom stereocenters. The fourth-order valence-corrected chi connectivity index (χ4v) is 10.1. The third-order valence-electron chi connectivity index (χ3n) is 12.2. The highest BCUT2D eigenvalue weighted by molar-refractivity contribution is 7.19. The van der Waals surface area contributed by atoms with Gasteiger partial charge >= 0.3 is 6.18 Å². The molecule has 0 aliphatic carbocycles. The SMILES string of the molecule is CCCCC(CC)CCc1ccc(-c2ccc(-c3c4nsnc4c(-c4ccc(-c5ccc(CCC(CC)CCCC)cc5F)cc4)c4nc(C(F)(F)F)c(C)nc34)s2)cc1. The minimum atomic E-state index is -4.71. The largest absolute Gasteiger partial charge is 0.435 e. The summed E-state index contributed by atoms with van der Waals surface area (Å²) in [6.45, 7) is 10.3. The van der Waals surface area contributed by atoms with E-state index in [1.165, 1.54) is 63.9 Å². The molecular formula is C50H54F4N4S2. The summed E-state index contributed by atoms with van der Waals surface area (Å²) in [6.07, 6.45) is 9.10. The lowest BCUT2D eigenvalue weighted by atomic mass is 9.91. The Morgan fingerprint density at radius 2 is 1.13 bits per heavy atom. The van der Waals surface area contributed by atoms with Crippen molar-refractivity contribution in [2.24, 2.45) is 11.8 Å². The van der Waals surface area contributed by atoms with Crippen molar-refractivity contribution >= 4 is 45.1 Å². The summed E-state index contributed by atoms with van der Waals surface area (Å²) in [5.41, 5.74) is 6.31. The molecular weight excluding hydrogens is 797 g/mol. The van der Waals surface area contributed by atoms with Crippen molar-refractivity contribution in [2.45, 2.75) is 118 Å². The van der Waals surface area contributed by atoms with E-state index in [4.69, 9.17) is 4.37 Å². The van der Waals surface area contributed by atoms with Crippen molar-refractivity contribution in [1.82, 2.24) is 18.7 Å². The molecule has 10 heteroatoms. The van der Waals surface area contributed by atoms with Gasteiger partial charge in [-0.2, -0.15) is 21.9 Å². The van der Waals surface area contributed by atoms with Crippen LogP contribution in [-0.4, -0.2) is 18.7 Å². The van der Waals surface area contributed by atoms with E-state index < -0.39 is 11.9 Å². The lowest BCUT2D eigenvalue weighted by Crippen LogP contribution is -2.12. The van der Waals surface area contributed by atoms with Crippen LogP contribution in [0.2, 0.25) is 0 Å². The summed E-state index contributed by atoms with van der Waals surface area (Å²) in [5.74, 6) is 1.09. The van der Waals surface area contributed by atoms with Gasteiger partial charge in [-0.1, -0.05) is 140 Å². The predicted octanol–water partition coefficient (Wildman–Crippen LogP) is 16.1. The number of halogens is 4. The van der Waals surface area contributed by atoms with Crippen LogP contribution >= 0.6 is 23.1 Å². The van der Waals surface area contributed by atoms with Gasteiger partial charge in [0.25, 0.3) is 0 Å². The van der Waals surface area contributed by atoms with E-state index in [-0.39, 0.29) is 17.0 Å². The number of thiophene rings is 1. The topological polar surface area (TPSA) is 51.6 Å². The van der Waals surface area contributed by atoms with Gasteiger partial charge in [0.15, 0.2) is 5.69 Å². The van der Waals surface area contributed by atoms with Crippen LogP contribution in [0.5, 0.6) is 0 Å². The quantitative estimate of drug-likeness (QED) is 0.0807. The van der Waals surface area contributed by atoms with Crippen molar-refractivity contribution in [2.75, 3.05) is 0 Å². The molecule has 0 saturated carbocycles. The Morgan fingerprint density at radius 1 is 0.583 bits per heavy atom. The second kappa shape index (κ2) is 19.4. The van der Waals surface area contributed by atoms with E-state index in [9.17, 15) is 13.2 Å². The minimum Gasteiger partial charge on any atom is -0.248 e. The molecule has 4 nitrogen and oxygen atoms in total. The highest BCUT2D eigenvalue weighted by atomic mass is 32.1. The number of aromatic nitrogens is 4. The summed E-state index contributed by atoms with van der Waals surface area (Å²) >= 11 is 2.55. The van der Waals surface area contributed by atoms with Gasteiger partial charge in [0.1, 0.15) is 27.9 Å². The molecule has 314 valence electrons. The van der Waals surface area contributed by atoms with Gasteiger partial charge in [0.05, 0.1) is 17.4 Å². The first-order chi connectivity index (χ1) is 29.0. The predicted molar refractivity (Wildman–Crippen MR) is 243 cm³/mol. The van der Waals surface area contributed by atoms with Crippen LogP contribution in [0.25, 0.3) is 65.2 Å². The first kappa shape index (κ1) is 43.5. The second-order valence-corrected chi connectivity index (χ2v) is 17.8. The summed E-state index contributed by atoms with van der Waals surface area (Å²) in [6, 6.07) is 25.4. The van der Waals surface area contributed by atoms with Crippen molar-refractivity contribution in [3.63, 3.8) is 0 Å². The van der Waals surface area contributed by atoms with Gasteiger partial charge < -0.3 is 0 Å². The van der Waals surface area contributed by atoms with Crippen molar-refractivity contribution in [3.8, 4) is 43.1 Å². The Balaban J connectivity index is 1.22. The van der Waals surface area contributed by atoms with E-state index in [2.05, 4.69) is 66.3 Å². The molecule has 0 fully saturated rings. The van der Waals surface area contributed by atoms with Crippen LogP contribution < -0.4 is 0 Å². The number of nitrogens with zero attached hydrogens (tertiary/aromatic N) is 4. The molecule has 3 heterocycles. The van der Waals surface area contributed by atoms with Gasteiger partial charge in [-0.15, -0.1) is 11.3 Å². The molecule has 0 amide bonds. The number of benzene rings is 4. The van der Waals surface area contributed by atoms with Gasteiger partial charge in [-0.3, -0.25) is 0 Å². The van der Waals surface area contributed by atoms with Crippen molar-refractivity contribution < 1.29 is 17.6 Å². The van der Waals surface area contributed by atoms with Gasteiger partial charge in [-0.25, -0.2) is 14.4 Å². The van der Waals surface area contributed by atoms with E-state index in [1.54, 1.807) is 41.7 Å². The number of fused-ring (bicyclic) bond motifs is 2. The number of alkyl halides is 3. The lowest BCUT2D eigenvalue weighted by molar-refractivity contribution is -0.141. The summed E-state index contributed by atoms with van der Waals surface area (Å²) in [5, 5.41) is 0. The minimum absolute atomic E-state index is 0.0966. The molecule has 0 aliphatic rings. The zero-order chi connectivity index (χ0) is 42.4. The van der Waals surface area contributed by atoms with Crippen LogP contribution in [0, 0.1) is 24.6 Å². The second-order valence-electron chi connectivity index (χ2n) is 16.2. The highest BCUT2D eigenvalue weighted by Crippen LogP contribution is 2.46. The van der Waals surface area contributed by atoms with Gasteiger partial charge in [-0.05, 0) is 90.5 Å². The van der Waals surface area contributed by atoms with Crippen LogP contribution in [0.4, 0.5) is 17.6 Å². The zero-order valence-corrected chi connectivity index (χ0v) is 36.9. The number of hydrogen-bond acceptors (Lipinski definition) is 6. The number of rotatable bonds is 18. The van der Waals surface area contributed by atoms with E-state index >= 15 is 4.39 Å². The average molecular weight is 851 g/mol. The summed E-state index contributed by atoms with van der Waals surface area (Å²) in [4.78, 5) is 10.8. The molecule has 0 saturated heterocycles. The van der Waals surface area contributed by atoms with Crippen LogP contribution in [0.1, 0.15) is 114 Å². The summed E-state index contributed by atoms with van der Waals surface area (Å²) < 4.78 is 68.4. The third-order valence-corrected chi connectivity index (χ3v) is 13.8. The van der Waals surface area contributed by atoms with Crippen LogP contribution in [0.3, 0.4) is 0 Å². The fraction of sp³-hybridized carbons (Fsp3) is 0.400. The molecule has 4 aromatic carbocycles. The molecule has 60 heavy (non-hydrogen) atoms. The third kappa shape index (κ3) is 9.65. The molecule has 0 radical (unpaired) electrons. The smallest absolute Gasteiger partial charge is 0.248 e. The molecule has 0 spiro atoms. The number of aryl methyl sites for hydroxylation is 3. The number of unbranched alkanes of at least 4 members (excludes halogenated alkanes) is 2. The van der Waals surface area contributed by atoms with Crippen LogP contribution in [0.15, 0.2) is 78.9 Å². The van der Waals surface area contributed by atoms with Gasteiger partial charge in [0, 0.05) is 26.4 Å². The molecule has 2 unspecified atom stereocenters. The van der Waals surface area contributed by atoms with E-state index in [1.807, 2.05) is 24.3 Å².